The molecule has 0 spiro atoms. The van der Waals surface area contributed by atoms with Gasteiger partial charge in [-0.2, -0.15) is 0 Å². The van der Waals surface area contributed by atoms with Gasteiger partial charge >= 0.3 is 5.91 Å². The second-order valence-corrected chi connectivity index (χ2v) is 10.1. The molecule has 37 heavy (non-hydrogen) atoms. The van der Waals surface area contributed by atoms with Crippen molar-refractivity contribution in [3.63, 3.8) is 0 Å². The van der Waals surface area contributed by atoms with Crippen LogP contribution < -0.4 is 14.5 Å². The largest absolute Gasteiger partial charge is 0.507 e. The molecule has 1 aliphatic heterocycles. The van der Waals surface area contributed by atoms with Crippen molar-refractivity contribution >= 4 is 49.8 Å². The molecule has 1 saturated heterocycles. The van der Waals surface area contributed by atoms with Crippen molar-refractivity contribution in [2.24, 2.45) is 0 Å². The molecule has 0 bridgehead atoms. The number of amides is 1. The second kappa shape index (κ2) is 9.71. The third-order valence-electron chi connectivity index (χ3n) is 6.33. The van der Waals surface area contributed by atoms with Crippen molar-refractivity contribution in [3.8, 4) is 5.75 Å². The van der Waals surface area contributed by atoms with Crippen LogP contribution in [0.2, 0.25) is 0 Å². The summed E-state index contributed by atoms with van der Waals surface area (Å²) in [5.74, 6) is -1.16. The Morgan fingerprint density at radius 2 is 1.84 bits per heavy atom. The molecule has 2 heterocycles. The highest BCUT2D eigenvalue weighted by Crippen LogP contribution is 2.44. The molecule has 1 N–H and O–H groups in total. The van der Waals surface area contributed by atoms with Crippen molar-refractivity contribution in [1.82, 2.24) is 4.98 Å². The highest BCUT2D eigenvalue weighted by Gasteiger charge is 2.48. The van der Waals surface area contributed by atoms with E-state index in [9.17, 15) is 14.7 Å². The van der Waals surface area contributed by atoms with Crippen LogP contribution >= 0.6 is 11.3 Å². The first kappa shape index (κ1) is 24.5. The van der Waals surface area contributed by atoms with Crippen LogP contribution in [0.25, 0.3) is 16.0 Å². The maximum absolute atomic E-state index is 13.5. The lowest BCUT2D eigenvalue weighted by molar-refractivity contribution is -0.132. The first-order valence-electron chi connectivity index (χ1n) is 12.0. The van der Waals surface area contributed by atoms with E-state index in [1.165, 1.54) is 16.2 Å². The molecule has 1 aromatic heterocycles. The number of nitrogens with zero attached hydrogens (tertiary/aromatic N) is 3. The number of fused-ring (bicyclic) bond motifs is 1. The Morgan fingerprint density at radius 1 is 1.08 bits per heavy atom. The Balaban J connectivity index is 1.70. The van der Waals surface area contributed by atoms with E-state index in [4.69, 9.17) is 4.74 Å². The summed E-state index contributed by atoms with van der Waals surface area (Å²) in [6.07, 6.45) is 0. The summed E-state index contributed by atoms with van der Waals surface area (Å²) in [6.45, 7) is 4.33. The number of hydrogen-bond acceptors (Lipinski definition) is 7. The number of thiazole rings is 1. The van der Waals surface area contributed by atoms with Gasteiger partial charge in [-0.15, -0.1) is 0 Å². The van der Waals surface area contributed by atoms with Gasteiger partial charge in [-0.05, 0) is 61.4 Å². The van der Waals surface area contributed by atoms with Crippen LogP contribution in [0, 0.1) is 6.92 Å². The van der Waals surface area contributed by atoms with E-state index >= 15 is 0 Å². The zero-order valence-corrected chi connectivity index (χ0v) is 21.9. The summed E-state index contributed by atoms with van der Waals surface area (Å²) < 4.78 is 6.50. The highest BCUT2D eigenvalue weighted by atomic mass is 32.1. The molecule has 3 aromatic carbocycles. The maximum Gasteiger partial charge on any atom is 0.301 e. The number of ketones is 1. The van der Waals surface area contributed by atoms with Crippen molar-refractivity contribution < 1.29 is 19.4 Å². The highest BCUT2D eigenvalue weighted by molar-refractivity contribution is 7.22. The number of aliphatic hydroxyl groups is 1. The number of Topliss-reactive ketones (excluding diaryl/α,β-unsaturated/α-hetero) is 1. The molecule has 0 saturated carbocycles. The third-order valence-corrected chi connectivity index (χ3v) is 7.34. The van der Waals surface area contributed by atoms with Crippen LogP contribution in [-0.4, -0.2) is 42.5 Å². The first-order chi connectivity index (χ1) is 17.8. The Kier molecular flexibility index (Phi) is 6.43. The van der Waals surface area contributed by atoms with Gasteiger partial charge in [-0.1, -0.05) is 41.7 Å². The number of carbonyl (C=O) groups excluding carboxylic acids is 2. The Bertz CT molecular complexity index is 1540. The molecule has 5 rings (SSSR count). The van der Waals surface area contributed by atoms with Gasteiger partial charge in [0.15, 0.2) is 5.13 Å². The molecule has 0 aliphatic carbocycles. The molecule has 1 unspecified atom stereocenters. The first-order valence-corrected chi connectivity index (χ1v) is 12.8. The number of carbonyl (C=O) groups is 2. The molecule has 0 radical (unpaired) electrons. The number of rotatable bonds is 6. The maximum atomic E-state index is 13.5. The molecule has 1 atom stereocenters. The Hall–Kier alpha value is -4.17. The molecule has 1 aliphatic rings. The normalized spacial score (nSPS) is 17.0. The van der Waals surface area contributed by atoms with Gasteiger partial charge in [0, 0.05) is 25.3 Å². The second-order valence-electron chi connectivity index (χ2n) is 9.08. The lowest BCUT2D eigenvalue weighted by Gasteiger charge is -2.23. The zero-order chi connectivity index (χ0) is 26.3. The summed E-state index contributed by atoms with van der Waals surface area (Å²) in [5, 5.41) is 11.8. The smallest absolute Gasteiger partial charge is 0.301 e. The third kappa shape index (κ3) is 4.44. The fourth-order valence-electron chi connectivity index (χ4n) is 4.48. The molecule has 7 nitrogen and oxygen atoms in total. The van der Waals surface area contributed by atoms with Gasteiger partial charge in [0.05, 0.1) is 28.4 Å². The summed E-state index contributed by atoms with van der Waals surface area (Å²) in [7, 11) is 3.88. The minimum Gasteiger partial charge on any atom is -0.507 e. The van der Waals surface area contributed by atoms with Crippen molar-refractivity contribution in [2.45, 2.75) is 19.9 Å². The number of ether oxygens (including phenoxy) is 1. The Morgan fingerprint density at radius 3 is 2.54 bits per heavy atom. The van der Waals surface area contributed by atoms with Gasteiger partial charge in [0.1, 0.15) is 11.5 Å². The predicted molar refractivity (Wildman–Crippen MR) is 148 cm³/mol. The number of anilines is 2. The average Bonchev–Trinajstić information content (AvgIpc) is 3.41. The standard InChI is InChI=1S/C29H27N3O4S/c1-5-36-21-8-6-7-19(16-21)26(33)24-25(18-10-12-20(13-11-18)31(3)4)32(28(35)27(24)34)29-30-22-14-9-17(2)15-23(22)37-29/h6-16,25,33H,5H2,1-4H3/b26-24+. The number of hydrogen-bond donors (Lipinski definition) is 1. The topological polar surface area (TPSA) is 83.0 Å². The van der Waals surface area contributed by atoms with E-state index in [0.29, 0.717) is 28.6 Å². The molecular weight excluding hydrogens is 486 g/mol. The zero-order valence-electron chi connectivity index (χ0n) is 21.1. The van der Waals surface area contributed by atoms with Crippen molar-refractivity contribution in [2.75, 3.05) is 30.5 Å². The van der Waals surface area contributed by atoms with Gasteiger partial charge < -0.3 is 14.7 Å². The van der Waals surface area contributed by atoms with Crippen molar-refractivity contribution in [3.05, 3.63) is 89.0 Å². The van der Waals surface area contributed by atoms with E-state index in [0.717, 1.165) is 21.5 Å². The molecule has 1 amide bonds. The average molecular weight is 514 g/mol. The number of aromatic nitrogens is 1. The number of benzene rings is 3. The van der Waals surface area contributed by atoms with Crippen LogP contribution in [0.15, 0.2) is 72.3 Å². The molecule has 1 fully saturated rings. The van der Waals surface area contributed by atoms with E-state index in [2.05, 4.69) is 4.98 Å². The van der Waals surface area contributed by atoms with Crippen LogP contribution in [0.3, 0.4) is 0 Å². The van der Waals surface area contributed by atoms with Gasteiger partial charge in [-0.3, -0.25) is 14.5 Å². The SMILES string of the molecule is CCOc1cccc(/C(O)=C2\C(=O)C(=O)N(c3nc4ccc(C)cc4s3)C2c2ccc(N(C)C)cc2)c1. The monoisotopic (exact) mass is 513 g/mol. The Labute approximate surface area is 219 Å². The fraction of sp³-hybridized carbons (Fsp3) is 0.207. The predicted octanol–water partition coefficient (Wildman–Crippen LogP) is 5.70. The minimum absolute atomic E-state index is 0.0201. The van der Waals surface area contributed by atoms with E-state index in [-0.39, 0.29) is 11.3 Å². The molecule has 8 heteroatoms. The van der Waals surface area contributed by atoms with Gasteiger partial charge in [-0.25, -0.2) is 4.98 Å². The summed E-state index contributed by atoms with van der Waals surface area (Å²) in [5.41, 5.74) is 3.92. The fourth-order valence-corrected chi connectivity index (χ4v) is 5.57. The van der Waals surface area contributed by atoms with Crippen LogP contribution in [0.5, 0.6) is 5.75 Å². The van der Waals surface area contributed by atoms with Gasteiger partial charge in [0.25, 0.3) is 5.78 Å². The van der Waals surface area contributed by atoms with Crippen molar-refractivity contribution in [1.29, 1.82) is 0 Å². The summed E-state index contributed by atoms with van der Waals surface area (Å²) in [6, 6.07) is 19.5. The van der Waals surface area contributed by atoms with E-state index in [1.807, 2.05) is 75.3 Å². The quantitative estimate of drug-likeness (QED) is 0.202. The summed E-state index contributed by atoms with van der Waals surface area (Å²) >= 11 is 1.35. The van der Waals surface area contributed by atoms with Crippen LogP contribution in [-0.2, 0) is 9.59 Å². The molecule has 188 valence electrons. The van der Waals surface area contributed by atoms with Crippen LogP contribution in [0.4, 0.5) is 10.8 Å². The van der Waals surface area contributed by atoms with E-state index < -0.39 is 17.7 Å². The van der Waals surface area contributed by atoms with Gasteiger partial charge in [0.2, 0.25) is 0 Å². The molecule has 4 aromatic rings. The van der Waals surface area contributed by atoms with E-state index in [1.54, 1.807) is 24.3 Å². The lowest BCUT2D eigenvalue weighted by Crippen LogP contribution is -2.29. The lowest BCUT2D eigenvalue weighted by atomic mass is 9.95. The molecular formula is C29H27N3O4S. The minimum atomic E-state index is -0.839. The van der Waals surface area contributed by atoms with Crippen LogP contribution in [0.1, 0.15) is 29.7 Å². The summed E-state index contributed by atoms with van der Waals surface area (Å²) in [4.78, 5) is 35.0. The number of aryl methyl sites for hydroxylation is 1. The number of aliphatic hydroxyl groups excluding tert-OH is 1.